The van der Waals surface area contributed by atoms with Gasteiger partial charge in [-0.05, 0) is 38.0 Å². The number of aromatic nitrogens is 4. The Morgan fingerprint density at radius 3 is 2.87 bits per heavy atom. The lowest BCUT2D eigenvalue weighted by atomic mass is 9.75. The highest BCUT2D eigenvalue weighted by atomic mass is 16.3. The number of rotatable bonds is 4. The normalized spacial score (nSPS) is 24.1. The number of nitrogens with two attached hydrogens (primary N) is 1. The SMILES string of the molecule is Cn1cc([C@H](Nc2nc(N)nc3c2CCC3)C2CC(O)C2)cn1. The molecule has 2 aromatic heterocycles. The van der Waals surface area contributed by atoms with Gasteiger partial charge in [0.15, 0.2) is 0 Å². The van der Waals surface area contributed by atoms with E-state index in [1.165, 1.54) is 5.56 Å². The van der Waals surface area contributed by atoms with Crippen molar-refractivity contribution in [3.05, 3.63) is 29.2 Å². The highest BCUT2D eigenvalue weighted by molar-refractivity contribution is 5.53. The molecule has 0 radical (unpaired) electrons. The first kappa shape index (κ1) is 14.4. The van der Waals surface area contributed by atoms with Crippen LogP contribution in [-0.2, 0) is 19.9 Å². The summed E-state index contributed by atoms with van der Waals surface area (Å²) in [6, 6.07) is 0.0890. The molecule has 0 spiro atoms. The zero-order chi connectivity index (χ0) is 16.0. The van der Waals surface area contributed by atoms with Crippen LogP contribution in [0.2, 0.25) is 0 Å². The van der Waals surface area contributed by atoms with Crippen molar-refractivity contribution in [3.8, 4) is 0 Å². The van der Waals surface area contributed by atoms with Crippen LogP contribution in [-0.4, -0.2) is 31.0 Å². The highest BCUT2D eigenvalue weighted by Gasteiger charge is 2.36. The van der Waals surface area contributed by atoms with Crippen LogP contribution in [0.25, 0.3) is 0 Å². The molecule has 122 valence electrons. The minimum absolute atomic E-state index is 0.0890. The summed E-state index contributed by atoms with van der Waals surface area (Å²) in [6.07, 6.45) is 8.37. The summed E-state index contributed by atoms with van der Waals surface area (Å²) in [4.78, 5) is 8.80. The maximum Gasteiger partial charge on any atom is 0.222 e. The van der Waals surface area contributed by atoms with Gasteiger partial charge in [-0.1, -0.05) is 0 Å². The fourth-order valence-electron chi connectivity index (χ4n) is 3.69. The summed E-state index contributed by atoms with van der Waals surface area (Å²) in [6.45, 7) is 0. The predicted octanol–water partition coefficient (Wildman–Crippen LogP) is 1.21. The van der Waals surface area contributed by atoms with Crippen LogP contribution in [0.4, 0.5) is 11.8 Å². The molecule has 2 aliphatic carbocycles. The monoisotopic (exact) mass is 314 g/mol. The van der Waals surface area contributed by atoms with Gasteiger partial charge >= 0.3 is 0 Å². The highest BCUT2D eigenvalue weighted by Crippen LogP contribution is 2.41. The Bertz CT molecular complexity index is 721. The Morgan fingerprint density at radius 1 is 1.35 bits per heavy atom. The third-order valence-electron chi connectivity index (χ3n) is 4.95. The van der Waals surface area contributed by atoms with Crippen LogP contribution < -0.4 is 11.1 Å². The smallest absolute Gasteiger partial charge is 0.222 e. The van der Waals surface area contributed by atoms with Crippen LogP contribution in [0, 0.1) is 5.92 Å². The zero-order valence-electron chi connectivity index (χ0n) is 13.2. The number of anilines is 2. The van der Waals surface area contributed by atoms with Gasteiger partial charge in [0.05, 0.1) is 24.0 Å². The summed E-state index contributed by atoms with van der Waals surface area (Å²) >= 11 is 0. The molecule has 0 saturated heterocycles. The van der Waals surface area contributed by atoms with Gasteiger partial charge in [0.25, 0.3) is 0 Å². The van der Waals surface area contributed by atoms with E-state index < -0.39 is 0 Å². The lowest BCUT2D eigenvalue weighted by molar-refractivity contribution is 0.0339. The second kappa shape index (κ2) is 5.49. The van der Waals surface area contributed by atoms with Gasteiger partial charge in [-0.3, -0.25) is 4.68 Å². The molecular formula is C16H22N6O. The van der Waals surface area contributed by atoms with Crippen LogP contribution in [0.5, 0.6) is 0 Å². The molecule has 7 nitrogen and oxygen atoms in total. The molecule has 23 heavy (non-hydrogen) atoms. The number of nitrogen functional groups attached to an aromatic ring is 1. The average Bonchev–Trinajstić information content (AvgIpc) is 3.10. The van der Waals surface area contributed by atoms with E-state index in [0.717, 1.165) is 49.2 Å². The first-order valence-corrected chi connectivity index (χ1v) is 8.18. The maximum absolute atomic E-state index is 9.69. The van der Waals surface area contributed by atoms with Crippen LogP contribution in [0.3, 0.4) is 0 Å². The van der Waals surface area contributed by atoms with E-state index in [9.17, 15) is 5.11 Å². The molecule has 2 aromatic rings. The van der Waals surface area contributed by atoms with Crippen molar-refractivity contribution in [2.75, 3.05) is 11.1 Å². The van der Waals surface area contributed by atoms with Crippen LogP contribution in [0.15, 0.2) is 12.4 Å². The van der Waals surface area contributed by atoms with Crippen molar-refractivity contribution in [2.45, 2.75) is 44.2 Å². The van der Waals surface area contributed by atoms with Crippen molar-refractivity contribution in [1.82, 2.24) is 19.7 Å². The zero-order valence-corrected chi connectivity index (χ0v) is 13.2. The van der Waals surface area contributed by atoms with Crippen molar-refractivity contribution in [2.24, 2.45) is 13.0 Å². The second-order valence-corrected chi connectivity index (χ2v) is 6.66. The number of aliphatic hydroxyl groups is 1. The number of hydrogen-bond acceptors (Lipinski definition) is 6. The Hall–Kier alpha value is -2.15. The lowest BCUT2D eigenvalue weighted by Gasteiger charge is -2.38. The van der Waals surface area contributed by atoms with E-state index in [-0.39, 0.29) is 12.1 Å². The van der Waals surface area contributed by atoms with Gasteiger partial charge in [0, 0.05) is 24.4 Å². The summed E-state index contributed by atoms with van der Waals surface area (Å²) in [5.41, 5.74) is 9.25. The van der Waals surface area contributed by atoms with Crippen LogP contribution in [0.1, 0.15) is 42.1 Å². The van der Waals surface area contributed by atoms with Crippen LogP contribution >= 0.6 is 0 Å². The topological polar surface area (TPSA) is 102 Å². The molecule has 1 saturated carbocycles. The summed E-state index contributed by atoms with van der Waals surface area (Å²) < 4.78 is 1.80. The lowest BCUT2D eigenvalue weighted by Crippen LogP contribution is -2.36. The maximum atomic E-state index is 9.69. The minimum Gasteiger partial charge on any atom is -0.393 e. The fourth-order valence-corrected chi connectivity index (χ4v) is 3.69. The Labute approximate surface area is 134 Å². The van der Waals surface area contributed by atoms with Gasteiger partial charge < -0.3 is 16.2 Å². The third kappa shape index (κ3) is 2.65. The van der Waals surface area contributed by atoms with E-state index in [2.05, 4.69) is 20.4 Å². The summed E-state index contributed by atoms with van der Waals surface area (Å²) in [5, 5.41) is 17.6. The van der Waals surface area contributed by atoms with E-state index in [1.807, 2.05) is 19.4 Å². The molecule has 7 heteroatoms. The Balaban J connectivity index is 1.66. The Morgan fingerprint density at radius 2 is 2.17 bits per heavy atom. The molecule has 0 aliphatic heterocycles. The van der Waals surface area contributed by atoms with Crippen molar-refractivity contribution < 1.29 is 5.11 Å². The molecule has 2 heterocycles. The van der Waals surface area contributed by atoms with Gasteiger partial charge in [-0.15, -0.1) is 0 Å². The number of fused-ring (bicyclic) bond motifs is 1. The molecule has 0 amide bonds. The van der Waals surface area contributed by atoms with Gasteiger partial charge in [-0.2, -0.15) is 10.1 Å². The number of aliphatic hydroxyl groups excluding tert-OH is 1. The number of nitrogens with zero attached hydrogens (tertiary/aromatic N) is 4. The molecule has 0 unspecified atom stereocenters. The standard InChI is InChI=1S/C16H22N6O/c1-22-8-10(7-18-22)14(9-5-11(23)6-9)20-15-12-3-2-4-13(12)19-16(17)21-15/h7-9,11,14,23H,2-6H2,1H3,(H3,17,19,20,21)/t9?,11?,14-/m1/s1. The molecule has 2 aliphatic rings. The Kier molecular flexibility index (Phi) is 3.45. The first-order valence-electron chi connectivity index (χ1n) is 8.18. The second-order valence-electron chi connectivity index (χ2n) is 6.66. The largest absolute Gasteiger partial charge is 0.393 e. The van der Waals surface area contributed by atoms with E-state index in [4.69, 9.17) is 5.73 Å². The molecule has 1 fully saturated rings. The number of nitrogens with one attached hydrogen (secondary N) is 1. The van der Waals surface area contributed by atoms with Gasteiger partial charge in [-0.25, -0.2) is 4.98 Å². The van der Waals surface area contributed by atoms with Crippen molar-refractivity contribution >= 4 is 11.8 Å². The molecule has 0 bridgehead atoms. The number of aryl methyl sites for hydroxylation is 2. The number of hydrogen-bond donors (Lipinski definition) is 3. The van der Waals surface area contributed by atoms with E-state index in [0.29, 0.717) is 11.9 Å². The predicted molar refractivity (Wildman–Crippen MR) is 86.8 cm³/mol. The summed E-state index contributed by atoms with van der Waals surface area (Å²) in [5.74, 6) is 1.55. The quantitative estimate of drug-likeness (QED) is 0.784. The van der Waals surface area contributed by atoms with Crippen molar-refractivity contribution in [1.29, 1.82) is 0 Å². The van der Waals surface area contributed by atoms with Gasteiger partial charge in [0.1, 0.15) is 5.82 Å². The summed E-state index contributed by atoms with van der Waals surface area (Å²) in [7, 11) is 1.91. The third-order valence-corrected chi connectivity index (χ3v) is 4.95. The minimum atomic E-state index is -0.192. The van der Waals surface area contributed by atoms with E-state index >= 15 is 0 Å². The molecule has 4 rings (SSSR count). The fraction of sp³-hybridized carbons (Fsp3) is 0.562. The molecule has 1 atom stereocenters. The van der Waals surface area contributed by atoms with Gasteiger partial charge in [0.2, 0.25) is 5.95 Å². The molecular weight excluding hydrogens is 292 g/mol. The average molecular weight is 314 g/mol. The molecule has 0 aromatic carbocycles. The molecule has 4 N–H and O–H groups in total. The first-order chi connectivity index (χ1) is 11.1. The van der Waals surface area contributed by atoms with E-state index in [1.54, 1.807) is 4.68 Å². The van der Waals surface area contributed by atoms with Crippen molar-refractivity contribution in [3.63, 3.8) is 0 Å².